The van der Waals surface area contributed by atoms with Crippen LogP contribution in [0.25, 0.3) is 0 Å². The molecule has 24 heavy (non-hydrogen) atoms. The number of carbonyl (C=O) groups is 2. The summed E-state index contributed by atoms with van der Waals surface area (Å²) in [5, 5.41) is 1.76. The van der Waals surface area contributed by atoms with Crippen LogP contribution in [-0.2, 0) is 11.2 Å². The van der Waals surface area contributed by atoms with Crippen LogP contribution in [0.4, 0.5) is 4.79 Å². The minimum Gasteiger partial charge on any atom is -0.493 e. The second kappa shape index (κ2) is 7.18. The molecule has 1 aromatic carbocycles. The second-order valence-electron chi connectivity index (χ2n) is 7.51. The summed E-state index contributed by atoms with van der Waals surface area (Å²) in [7, 11) is 0. The topological polar surface area (TPSA) is 55.4 Å². The quantitative estimate of drug-likeness (QED) is 0.868. The third-order valence-corrected chi connectivity index (χ3v) is 6.16. The number of benzene rings is 1. The van der Waals surface area contributed by atoms with Crippen LogP contribution in [0.1, 0.15) is 45.1 Å². The Kier molecular flexibility index (Phi) is 5.18. The number of thioether (sulfide) groups is 1. The van der Waals surface area contributed by atoms with E-state index in [1.165, 1.54) is 25.7 Å². The maximum absolute atomic E-state index is 11.6. The summed E-state index contributed by atoms with van der Waals surface area (Å²) in [6, 6.07) is 7.89. The van der Waals surface area contributed by atoms with Gasteiger partial charge in [0.1, 0.15) is 5.75 Å². The molecule has 5 heteroatoms. The van der Waals surface area contributed by atoms with E-state index in [1.54, 1.807) is 0 Å². The molecule has 1 saturated heterocycles. The Morgan fingerprint density at radius 1 is 1.21 bits per heavy atom. The highest BCUT2D eigenvalue weighted by Crippen LogP contribution is 2.38. The highest BCUT2D eigenvalue weighted by Gasteiger charge is 2.32. The van der Waals surface area contributed by atoms with Crippen LogP contribution in [0.3, 0.4) is 0 Å². The zero-order valence-corrected chi connectivity index (χ0v) is 15.2. The van der Waals surface area contributed by atoms with Crippen molar-refractivity contribution in [3.63, 3.8) is 0 Å². The molecule has 1 aliphatic heterocycles. The zero-order chi connectivity index (χ0) is 17.2. The molecule has 0 aromatic heterocycles. The molecule has 0 radical (unpaired) electrons. The van der Waals surface area contributed by atoms with Crippen molar-refractivity contribution in [3.05, 3.63) is 29.8 Å². The first kappa shape index (κ1) is 17.3. The largest absolute Gasteiger partial charge is 0.493 e. The monoisotopic (exact) mass is 347 g/mol. The average Bonchev–Trinajstić information content (AvgIpc) is 2.88. The molecule has 3 rings (SSSR count). The number of carbonyl (C=O) groups excluding carboxylic acids is 2. The minimum absolute atomic E-state index is 0.190. The molecule has 0 spiro atoms. The first-order valence-corrected chi connectivity index (χ1v) is 9.55. The van der Waals surface area contributed by atoms with E-state index in [9.17, 15) is 9.59 Å². The van der Waals surface area contributed by atoms with E-state index in [0.29, 0.717) is 6.42 Å². The number of hydrogen-bond donors (Lipinski definition) is 1. The van der Waals surface area contributed by atoms with E-state index >= 15 is 0 Å². The molecule has 1 aliphatic carbocycles. The fraction of sp³-hybridized carbons (Fsp3) is 0.579. The van der Waals surface area contributed by atoms with E-state index in [1.807, 2.05) is 24.3 Å². The summed E-state index contributed by atoms with van der Waals surface area (Å²) in [6.07, 6.45) is 5.61. The number of nitrogens with one attached hydrogen (secondary N) is 1. The van der Waals surface area contributed by atoms with Gasteiger partial charge in [-0.1, -0.05) is 50.6 Å². The van der Waals surface area contributed by atoms with Gasteiger partial charge in [0.25, 0.3) is 5.24 Å². The molecule has 1 heterocycles. The predicted octanol–water partition coefficient (Wildman–Crippen LogP) is 4.18. The fourth-order valence-corrected chi connectivity index (χ4v) is 4.18. The Balaban J connectivity index is 1.51. The summed E-state index contributed by atoms with van der Waals surface area (Å²) < 4.78 is 6.01. The Morgan fingerprint density at radius 3 is 2.46 bits per heavy atom. The van der Waals surface area contributed by atoms with Crippen molar-refractivity contribution in [2.45, 2.75) is 51.2 Å². The third kappa shape index (κ3) is 4.32. The number of ether oxygens (including phenoxy) is 1. The van der Waals surface area contributed by atoms with Gasteiger partial charge in [0.2, 0.25) is 5.91 Å². The molecule has 130 valence electrons. The van der Waals surface area contributed by atoms with E-state index in [0.717, 1.165) is 35.6 Å². The minimum atomic E-state index is -0.313. The smallest absolute Gasteiger partial charge is 0.286 e. The van der Waals surface area contributed by atoms with Crippen molar-refractivity contribution < 1.29 is 14.3 Å². The van der Waals surface area contributed by atoms with E-state index in [4.69, 9.17) is 4.74 Å². The lowest BCUT2D eigenvalue weighted by Crippen LogP contribution is -2.29. The van der Waals surface area contributed by atoms with Crippen molar-refractivity contribution >= 4 is 22.9 Å². The van der Waals surface area contributed by atoms with Crippen molar-refractivity contribution in [2.24, 2.45) is 11.3 Å². The summed E-state index contributed by atoms with van der Waals surface area (Å²) in [5.41, 5.74) is 1.33. The van der Waals surface area contributed by atoms with Crippen LogP contribution in [-0.4, -0.2) is 23.0 Å². The molecule has 4 nitrogen and oxygen atoms in total. The van der Waals surface area contributed by atoms with Crippen molar-refractivity contribution in [2.75, 3.05) is 6.61 Å². The highest BCUT2D eigenvalue weighted by molar-refractivity contribution is 8.15. The molecule has 1 atom stereocenters. The van der Waals surface area contributed by atoms with Crippen molar-refractivity contribution in [1.29, 1.82) is 0 Å². The summed E-state index contributed by atoms with van der Waals surface area (Å²) in [4.78, 5) is 22.8. The molecule has 2 fully saturated rings. The van der Waals surface area contributed by atoms with E-state index < -0.39 is 0 Å². The average molecular weight is 347 g/mol. The molecule has 2 aliphatic rings. The lowest BCUT2D eigenvalue weighted by Gasteiger charge is -2.36. The lowest BCUT2D eigenvalue weighted by atomic mass is 9.73. The van der Waals surface area contributed by atoms with Crippen molar-refractivity contribution in [1.82, 2.24) is 5.32 Å². The van der Waals surface area contributed by atoms with Crippen LogP contribution in [0.15, 0.2) is 24.3 Å². The number of rotatable bonds is 5. The maximum atomic E-state index is 11.6. The van der Waals surface area contributed by atoms with Crippen LogP contribution >= 0.6 is 11.8 Å². The summed E-state index contributed by atoms with van der Waals surface area (Å²) >= 11 is 1.07. The number of hydrogen-bond acceptors (Lipinski definition) is 4. The first-order valence-electron chi connectivity index (χ1n) is 8.67. The summed E-state index contributed by atoms with van der Waals surface area (Å²) in [6.45, 7) is 5.41. The van der Waals surface area contributed by atoms with Crippen LogP contribution in [0.2, 0.25) is 0 Å². The lowest BCUT2D eigenvalue weighted by molar-refractivity contribution is -0.118. The normalized spacial score (nSPS) is 30.2. The molecule has 1 saturated carbocycles. The van der Waals surface area contributed by atoms with Crippen LogP contribution in [0.5, 0.6) is 5.75 Å². The number of imide groups is 1. The molecule has 2 amide bonds. The molecular formula is C19H25NO3S. The van der Waals surface area contributed by atoms with E-state index in [2.05, 4.69) is 19.2 Å². The Morgan fingerprint density at radius 2 is 1.88 bits per heavy atom. The summed E-state index contributed by atoms with van der Waals surface area (Å²) in [5.74, 6) is 1.53. The Bertz CT molecular complexity index is 606. The maximum Gasteiger partial charge on any atom is 0.286 e. The van der Waals surface area contributed by atoms with E-state index in [-0.39, 0.29) is 21.8 Å². The standard InChI is InChI=1S/C19H25NO3S/c1-13-7-9-19(2,10-8-13)12-23-15-5-3-14(4-6-15)11-16-17(21)20-18(22)24-16/h3-6,13,16H,7-12H2,1-2H3,(H,20,21,22). The Labute approximate surface area is 147 Å². The SMILES string of the molecule is CC1CCC(C)(COc2ccc(CC3SC(=O)NC3=O)cc2)CC1. The van der Waals surface area contributed by atoms with Crippen molar-refractivity contribution in [3.8, 4) is 5.75 Å². The van der Waals surface area contributed by atoms with Gasteiger partial charge in [-0.15, -0.1) is 0 Å². The molecule has 1 unspecified atom stereocenters. The fourth-order valence-electron chi connectivity index (χ4n) is 3.32. The first-order chi connectivity index (χ1) is 11.4. The van der Waals surface area contributed by atoms with Crippen LogP contribution < -0.4 is 10.1 Å². The van der Waals surface area contributed by atoms with Gasteiger partial charge in [0.05, 0.1) is 11.9 Å². The van der Waals surface area contributed by atoms with Gasteiger partial charge in [-0.25, -0.2) is 0 Å². The van der Waals surface area contributed by atoms with Gasteiger partial charge >= 0.3 is 0 Å². The Hall–Kier alpha value is -1.49. The number of amides is 2. The molecular weight excluding hydrogens is 322 g/mol. The van der Waals surface area contributed by atoms with Gasteiger partial charge in [-0.3, -0.25) is 14.9 Å². The van der Waals surface area contributed by atoms with Gasteiger partial charge in [-0.2, -0.15) is 0 Å². The van der Waals surface area contributed by atoms with Gasteiger partial charge in [-0.05, 0) is 42.9 Å². The van der Waals surface area contributed by atoms with Crippen LogP contribution in [0, 0.1) is 11.3 Å². The highest BCUT2D eigenvalue weighted by atomic mass is 32.2. The predicted molar refractivity (Wildman–Crippen MR) is 96.3 cm³/mol. The second-order valence-corrected chi connectivity index (χ2v) is 8.69. The molecule has 1 N–H and O–H groups in total. The molecule has 0 bridgehead atoms. The van der Waals surface area contributed by atoms with Gasteiger partial charge in [0.15, 0.2) is 0 Å². The third-order valence-electron chi connectivity index (χ3n) is 5.18. The molecule has 1 aromatic rings. The zero-order valence-electron chi connectivity index (χ0n) is 14.3. The van der Waals surface area contributed by atoms with Gasteiger partial charge < -0.3 is 4.74 Å². The van der Waals surface area contributed by atoms with Gasteiger partial charge in [0, 0.05) is 5.41 Å².